The van der Waals surface area contributed by atoms with Gasteiger partial charge in [0.05, 0.1) is 6.10 Å². The molecule has 8 heavy (non-hydrogen) atoms. The van der Waals surface area contributed by atoms with Gasteiger partial charge in [-0.3, -0.25) is 0 Å². The van der Waals surface area contributed by atoms with Crippen molar-refractivity contribution in [2.75, 3.05) is 7.11 Å². The molecule has 0 aromatic heterocycles. The van der Waals surface area contributed by atoms with Crippen LogP contribution in [0.5, 0.6) is 0 Å². The molecular formula is C7H12O. The average Bonchev–Trinajstić information content (AvgIpc) is 2.14. The Morgan fingerprint density at radius 1 is 1.62 bits per heavy atom. The Morgan fingerprint density at radius 3 is 2.62 bits per heavy atom. The molecule has 1 aliphatic carbocycles. The summed E-state index contributed by atoms with van der Waals surface area (Å²) in [4.78, 5) is 0. The third kappa shape index (κ3) is 0.920. The van der Waals surface area contributed by atoms with Crippen LogP contribution < -0.4 is 0 Å². The van der Waals surface area contributed by atoms with Crippen LogP contribution in [0.3, 0.4) is 0 Å². The summed E-state index contributed by atoms with van der Waals surface area (Å²) in [6.07, 6.45) is 5.93. The standard InChI is InChI=1S/C7H12O/c1-6-4-3-5-7(6)8-2/h3-4,6-7H,5H2,1-2H3. The lowest BCUT2D eigenvalue weighted by Crippen LogP contribution is -2.12. The van der Waals surface area contributed by atoms with Crippen molar-refractivity contribution in [3.8, 4) is 0 Å². The third-order valence-electron chi connectivity index (χ3n) is 1.70. The zero-order chi connectivity index (χ0) is 5.98. The maximum Gasteiger partial charge on any atom is 0.0665 e. The molecule has 0 saturated heterocycles. The maximum absolute atomic E-state index is 5.16. The first-order valence-electron chi connectivity index (χ1n) is 3.04. The number of hydrogen-bond acceptors (Lipinski definition) is 1. The second kappa shape index (κ2) is 2.31. The van der Waals surface area contributed by atoms with E-state index in [0.717, 1.165) is 6.42 Å². The van der Waals surface area contributed by atoms with Gasteiger partial charge in [-0.05, 0) is 6.42 Å². The Bertz CT molecular complexity index is 96.6. The third-order valence-corrected chi connectivity index (χ3v) is 1.70. The van der Waals surface area contributed by atoms with Crippen LogP contribution in [-0.2, 0) is 4.74 Å². The molecule has 0 spiro atoms. The van der Waals surface area contributed by atoms with Crippen molar-refractivity contribution >= 4 is 0 Å². The highest BCUT2D eigenvalue weighted by Crippen LogP contribution is 2.19. The van der Waals surface area contributed by atoms with Crippen molar-refractivity contribution in [2.24, 2.45) is 5.92 Å². The number of hydrogen-bond donors (Lipinski definition) is 0. The second-order valence-electron chi connectivity index (χ2n) is 2.30. The van der Waals surface area contributed by atoms with Crippen LogP contribution in [0.15, 0.2) is 12.2 Å². The average molecular weight is 112 g/mol. The number of rotatable bonds is 1. The van der Waals surface area contributed by atoms with E-state index in [0.29, 0.717) is 12.0 Å². The lowest BCUT2D eigenvalue weighted by Gasteiger charge is -2.11. The van der Waals surface area contributed by atoms with E-state index in [4.69, 9.17) is 4.74 Å². The van der Waals surface area contributed by atoms with E-state index in [1.807, 2.05) is 0 Å². The van der Waals surface area contributed by atoms with E-state index >= 15 is 0 Å². The highest BCUT2D eigenvalue weighted by Gasteiger charge is 2.16. The molecule has 46 valence electrons. The van der Waals surface area contributed by atoms with Crippen LogP contribution >= 0.6 is 0 Å². The summed E-state index contributed by atoms with van der Waals surface area (Å²) in [5, 5.41) is 0. The van der Waals surface area contributed by atoms with Crippen LogP contribution in [0.4, 0.5) is 0 Å². The molecule has 0 bridgehead atoms. The highest BCUT2D eigenvalue weighted by atomic mass is 16.5. The van der Waals surface area contributed by atoms with Gasteiger partial charge in [0, 0.05) is 13.0 Å². The molecule has 0 aromatic carbocycles. The van der Waals surface area contributed by atoms with E-state index in [-0.39, 0.29) is 0 Å². The lowest BCUT2D eigenvalue weighted by molar-refractivity contribution is 0.0847. The van der Waals surface area contributed by atoms with Gasteiger partial charge in [-0.1, -0.05) is 19.1 Å². The summed E-state index contributed by atoms with van der Waals surface area (Å²) >= 11 is 0. The fourth-order valence-corrected chi connectivity index (χ4v) is 1.08. The van der Waals surface area contributed by atoms with Gasteiger partial charge in [-0.2, -0.15) is 0 Å². The minimum atomic E-state index is 0.454. The zero-order valence-electron chi connectivity index (χ0n) is 5.42. The molecule has 1 nitrogen and oxygen atoms in total. The summed E-state index contributed by atoms with van der Waals surface area (Å²) in [7, 11) is 1.77. The number of methoxy groups -OCH3 is 1. The molecule has 0 radical (unpaired) electrons. The number of ether oxygens (including phenoxy) is 1. The molecule has 0 aromatic rings. The van der Waals surface area contributed by atoms with Crippen molar-refractivity contribution in [1.29, 1.82) is 0 Å². The Balaban J connectivity index is 2.38. The van der Waals surface area contributed by atoms with Crippen molar-refractivity contribution in [3.05, 3.63) is 12.2 Å². The molecule has 1 aliphatic rings. The van der Waals surface area contributed by atoms with Crippen LogP contribution in [0, 0.1) is 5.92 Å². The topological polar surface area (TPSA) is 9.23 Å². The van der Waals surface area contributed by atoms with Crippen molar-refractivity contribution in [1.82, 2.24) is 0 Å². The minimum absolute atomic E-state index is 0.454. The predicted octanol–water partition coefficient (Wildman–Crippen LogP) is 1.60. The molecule has 0 saturated carbocycles. The predicted molar refractivity (Wildman–Crippen MR) is 33.7 cm³/mol. The van der Waals surface area contributed by atoms with Crippen LogP contribution in [0.25, 0.3) is 0 Å². The smallest absolute Gasteiger partial charge is 0.0665 e. The molecule has 1 heteroatoms. The van der Waals surface area contributed by atoms with Crippen LogP contribution in [-0.4, -0.2) is 13.2 Å². The van der Waals surface area contributed by atoms with Crippen molar-refractivity contribution in [3.63, 3.8) is 0 Å². The van der Waals surface area contributed by atoms with Gasteiger partial charge >= 0.3 is 0 Å². The van der Waals surface area contributed by atoms with Crippen molar-refractivity contribution in [2.45, 2.75) is 19.4 Å². The van der Waals surface area contributed by atoms with Crippen LogP contribution in [0.2, 0.25) is 0 Å². The molecule has 0 aliphatic heterocycles. The fourth-order valence-electron chi connectivity index (χ4n) is 1.08. The first-order chi connectivity index (χ1) is 3.84. The summed E-state index contributed by atoms with van der Waals surface area (Å²) in [5.74, 6) is 0.625. The normalized spacial score (nSPS) is 36.2. The van der Waals surface area contributed by atoms with Crippen LogP contribution in [0.1, 0.15) is 13.3 Å². The first-order valence-corrected chi connectivity index (χ1v) is 3.04. The Kier molecular flexibility index (Phi) is 1.69. The van der Waals surface area contributed by atoms with Gasteiger partial charge in [-0.25, -0.2) is 0 Å². The van der Waals surface area contributed by atoms with Gasteiger partial charge in [0.15, 0.2) is 0 Å². The summed E-state index contributed by atoms with van der Waals surface area (Å²) in [6.45, 7) is 2.18. The molecule has 0 amide bonds. The van der Waals surface area contributed by atoms with Gasteiger partial charge < -0.3 is 4.74 Å². The Hall–Kier alpha value is -0.300. The first kappa shape index (κ1) is 5.83. The SMILES string of the molecule is COC1CC=CC1C. The monoisotopic (exact) mass is 112 g/mol. The minimum Gasteiger partial charge on any atom is -0.381 e. The molecule has 0 heterocycles. The molecule has 2 unspecified atom stereocenters. The molecule has 0 N–H and O–H groups in total. The largest absolute Gasteiger partial charge is 0.381 e. The van der Waals surface area contributed by atoms with E-state index in [1.54, 1.807) is 7.11 Å². The van der Waals surface area contributed by atoms with E-state index in [9.17, 15) is 0 Å². The van der Waals surface area contributed by atoms with Gasteiger partial charge in [-0.15, -0.1) is 0 Å². The lowest BCUT2D eigenvalue weighted by atomic mass is 10.1. The summed E-state index contributed by atoms with van der Waals surface area (Å²) < 4.78 is 5.16. The van der Waals surface area contributed by atoms with E-state index in [2.05, 4.69) is 19.1 Å². The van der Waals surface area contributed by atoms with E-state index in [1.165, 1.54) is 0 Å². The summed E-state index contributed by atoms with van der Waals surface area (Å²) in [5.41, 5.74) is 0. The zero-order valence-corrected chi connectivity index (χ0v) is 5.42. The van der Waals surface area contributed by atoms with E-state index < -0.39 is 0 Å². The summed E-state index contributed by atoms with van der Waals surface area (Å²) in [6, 6.07) is 0. The molecule has 1 rings (SSSR count). The van der Waals surface area contributed by atoms with Gasteiger partial charge in [0.2, 0.25) is 0 Å². The molecule has 0 fully saturated rings. The quantitative estimate of drug-likeness (QED) is 0.468. The Morgan fingerprint density at radius 2 is 2.38 bits per heavy atom. The highest BCUT2D eigenvalue weighted by molar-refractivity contribution is 5.00. The second-order valence-corrected chi connectivity index (χ2v) is 2.30. The molecule has 2 atom stereocenters. The van der Waals surface area contributed by atoms with Crippen molar-refractivity contribution < 1.29 is 4.74 Å². The van der Waals surface area contributed by atoms with Gasteiger partial charge in [0.1, 0.15) is 0 Å². The Labute approximate surface area is 50.3 Å². The molecular weight excluding hydrogens is 100 g/mol. The van der Waals surface area contributed by atoms with Gasteiger partial charge in [0.25, 0.3) is 0 Å². The maximum atomic E-state index is 5.16. The fraction of sp³-hybridized carbons (Fsp3) is 0.714.